The number of hydrogen-bond donors (Lipinski definition) is 1. The highest BCUT2D eigenvalue weighted by molar-refractivity contribution is 5.87. The number of rotatable bonds is 10. The highest BCUT2D eigenvalue weighted by Crippen LogP contribution is 2.37. The van der Waals surface area contributed by atoms with E-state index in [1.807, 2.05) is 6.92 Å². The molecule has 0 aliphatic heterocycles. The number of amides is 1. The summed E-state index contributed by atoms with van der Waals surface area (Å²) >= 11 is 0. The highest BCUT2D eigenvalue weighted by atomic mass is 19.1. The van der Waals surface area contributed by atoms with Crippen molar-refractivity contribution in [1.29, 1.82) is 0 Å². The summed E-state index contributed by atoms with van der Waals surface area (Å²) in [6.45, 7) is 2.35. The van der Waals surface area contributed by atoms with Crippen molar-refractivity contribution in [2.24, 2.45) is 0 Å². The number of ether oxygens (including phenoxy) is 3. The summed E-state index contributed by atoms with van der Waals surface area (Å²) < 4.78 is 32.4. The van der Waals surface area contributed by atoms with Gasteiger partial charge in [-0.1, -0.05) is 0 Å². The molecule has 4 rings (SSSR count). The number of aryl methyl sites for hydroxylation is 1. The molecule has 0 unspecified atom stereocenters. The third kappa shape index (κ3) is 5.45. The Morgan fingerprint density at radius 2 is 1.86 bits per heavy atom. The summed E-state index contributed by atoms with van der Waals surface area (Å²) in [6.07, 6.45) is 4.40. The Bertz CT molecular complexity index is 1350. The number of aromatic amines is 1. The monoisotopic (exact) mass is 480 g/mol. The van der Waals surface area contributed by atoms with E-state index in [2.05, 4.69) is 15.0 Å². The lowest BCUT2D eigenvalue weighted by Crippen LogP contribution is -2.21. The number of nitrogens with one attached hydrogen (secondary N) is 1. The lowest BCUT2D eigenvalue weighted by atomic mass is 10.2. The second-order valence-corrected chi connectivity index (χ2v) is 8.54. The molecule has 35 heavy (non-hydrogen) atoms. The van der Waals surface area contributed by atoms with E-state index in [-0.39, 0.29) is 17.5 Å². The summed E-state index contributed by atoms with van der Waals surface area (Å²) in [4.78, 5) is 24.9. The van der Waals surface area contributed by atoms with Crippen molar-refractivity contribution in [3.05, 3.63) is 48.2 Å². The van der Waals surface area contributed by atoms with Gasteiger partial charge in [-0.2, -0.15) is 0 Å². The lowest BCUT2D eigenvalue weighted by Gasteiger charge is -2.14. The molecule has 0 spiro atoms. The fourth-order valence-electron chi connectivity index (χ4n) is 3.83. The van der Waals surface area contributed by atoms with Crippen LogP contribution in [0.1, 0.15) is 31.4 Å². The number of aromatic nitrogens is 3. The van der Waals surface area contributed by atoms with Crippen LogP contribution in [0, 0.1) is 12.7 Å². The van der Waals surface area contributed by atoms with Crippen LogP contribution in [0.25, 0.3) is 21.8 Å². The summed E-state index contributed by atoms with van der Waals surface area (Å²) in [5.74, 6) is 1.00. The van der Waals surface area contributed by atoms with Crippen molar-refractivity contribution in [1.82, 2.24) is 19.9 Å². The predicted molar refractivity (Wildman–Crippen MR) is 132 cm³/mol. The molecule has 0 radical (unpaired) electrons. The second kappa shape index (κ2) is 10.6. The quantitative estimate of drug-likeness (QED) is 0.306. The number of H-pyrrole nitrogens is 1. The third-order valence-electron chi connectivity index (χ3n) is 5.72. The summed E-state index contributed by atoms with van der Waals surface area (Å²) in [5.41, 5.74) is 2.15. The van der Waals surface area contributed by atoms with Crippen molar-refractivity contribution >= 4 is 27.7 Å². The zero-order valence-electron chi connectivity index (χ0n) is 20.4. The van der Waals surface area contributed by atoms with Crippen LogP contribution in [0.4, 0.5) is 4.39 Å². The van der Waals surface area contributed by atoms with Crippen LogP contribution in [0.2, 0.25) is 0 Å². The van der Waals surface area contributed by atoms with Crippen molar-refractivity contribution in [2.75, 3.05) is 27.8 Å². The molecule has 1 amide bonds. The van der Waals surface area contributed by atoms with Gasteiger partial charge in [-0.3, -0.25) is 4.79 Å². The number of carbonyl (C=O) groups is 1. The Morgan fingerprint density at radius 3 is 2.63 bits per heavy atom. The van der Waals surface area contributed by atoms with Crippen LogP contribution in [0.15, 0.2) is 36.7 Å². The average Bonchev–Trinajstić information content (AvgIpc) is 3.23. The van der Waals surface area contributed by atoms with Gasteiger partial charge in [0.1, 0.15) is 6.33 Å². The lowest BCUT2D eigenvalue weighted by molar-refractivity contribution is -0.128. The van der Waals surface area contributed by atoms with E-state index in [4.69, 9.17) is 14.2 Å². The first kappa shape index (κ1) is 24.3. The van der Waals surface area contributed by atoms with Crippen LogP contribution in [0.3, 0.4) is 0 Å². The van der Waals surface area contributed by atoms with Crippen molar-refractivity contribution in [2.45, 2.75) is 32.6 Å². The number of benzene rings is 2. The molecule has 1 N–H and O–H groups in total. The topological polar surface area (TPSA) is 89.6 Å². The standard InChI is InChI=1S/C26H29FN4O4/c1-16-12-17-19(30-16)9-10-21(25(17)27)35-26-18-13-22(33-4)23(14-20(18)28-15-29-26)34-11-7-5-6-8-24(32)31(2)3/h9-10,12-15,30H,5-8,11H2,1-4H3. The fraction of sp³-hybridized carbons (Fsp3) is 0.346. The van der Waals surface area contributed by atoms with Gasteiger partial charge in [-0.05, 0) is 50.5 Å². The molecule has 0 fully saturated rings. The minimum absolute atomic E-state index is 0.0727. The van der Waals surface area contributed by atoms with E-state index in [0.717, 1.165) is 25.0 Å². The van der Waals surface area contributed by atoms with E-state index >= 15 is 4.39 Å². The molecule has 2 aromatic heterocycles. The van der Waals surface area contributed by atoms with E-state index in [1.165, 1.54) is 6.33 Å². The first-order valence-electron chi connectivity index (χ1n) is 11.5. The maximum atomic E-state index is 15.0. The minimum atomic E-state index is -0.460. The number of unbranched alkanes of at least 4 members (excludes halogenated alkanes) is 2. The van der Waals surface area contributed by atoms with E-state index < -0.39 is 5.82 Å². The molecule has 0 saturated heterocycles. The van der Waals surface area contributed by atoms with Gasteiger partial charge in [0.2, 0.25) is 11.8 Å². The molecule has 0 aliphatic rings. The zero-order valence-corrected chi connectivity index (χ0v) is 20.4. The molecule has 2 heterocycles. The number of nitrogens with zero attached hydrogens (tertiary/aromatic N) is 3. The minimum Gasteiger partial charge on any atom is -0.493 e. The Balaban J connectivity index is 1.49. The van der Waals surface area contributed by atoms with Gasteiger partial charge < -0.3 is 24.1 Å². The fourth-order valence-corrected chi connectivity index (χ4v) is 3.83. The highest BCUT2D eigenvalue weighted by Gasteiger charge is 2.16. The van der Waals surface area contributed by atoms with E-state index in [0.29, 0.717) is 46.3 Å². The molecule has 0 atom stereocenters. The van der Waals surface area contributed by atoms with Crippen LogP contribution in [-0.2, 0) is 4.79 Å². The van der Waals surface area contributed by atoms with Crippen molar-refractivity contribution in [3.63, 3.8) is 0 Å². The van der Waals surface area contributed by atoms with Gasteiger partial charge in [0, 0.05) is 43.2 Å². The molecule has 0 aliphatic carbocycles. The Hall–Kier alpha value is -3.88. The van der Waals surface area contributed by atoms with Gasteiger partial charge in [0.25, 0.3) is 0 Å². The molecule has 8 nitrogen and oxygen atoms in total. The maximum Gasteiger partial charge on any atom is 0.230 e. The Kier molecular flexibility index (Phi) is 7.33. The van der Waals surface area contributed by atoms with Crippen molar-refractivity contribution in [3.8, 4) is 23.1 Å². The smallest absolute Gasteiger partial charge is 0.230 e. The molecule has 4 aromatic rings. The summed E-state index contributed by atoms with van der Waals surface area (Å²) in [5, 5.41) is 1.03. The molecule has 0 saturated carbocycles. The molecule has 9 heteroatoms. The maximum absolute atomic E-state index is 15.0. The number of carbonyl (C=O) groups excluding carboxylic acids is 1. The largest absolute Gasteiger partial charge is 0.493 e. The van der Waals surface area contributed by atoms with Gasteiger partial charge in [0.05, 0.1) is 24.6 Å². The first-order chi connectivity index (χ1) is 16.9. The predicted octanol–water partition coefficient (Wildman–Crippen LogP) is 5.39. The SMILES string of the molecule is COc1cc2c(Oc3ccc4[nH]c(C)cc4c3F)ncnc2cc1OCCCCCC(=O)N(C)C. The van der Waals surface area contributed by atoms with Gasteiger partial charge >= 0.3 is 0 Å². The molecule has 184 valence electrons. The Morgan fingerprint density at radius 1 is 1.03 bits per heavy atom. The number of halogens is 1. The number of methoxy groups -OCH3 is 1. The third-order valence-corrected chi connectivity index (χ3v) is 5.72. The first-order valence-corrected chi connectivity index (χ1v) is 11.5. The Labute approximate surface area is 203 Å². The zero-order chi connectivity index (χ0) is 24.9. The molecule has 0 bridgehead atoms. The molecular weight excluding hydrogens is 451 g/mol. The number of fused-ring (bicyclic) bond motifs is 2. The van der Waals surface area contributed by atoms with Gasteiger partial charge in [0.15, 0.2) is 23.1 Å². The summed E-state index contributed by atoms with van der Waals surface area (Å²) in [7, 11) is 5.07. The molecular formula is C26H29FN4O4. The van der Waals surface area contributed by atoms with E-state index in [1.54, 1.807) is 56.4 Å². The van der Waals surface area contributed by atoms with Gasteiger partial charge in [-0.15, -0.1) is 0 Å². The second-order valence-electron chi connectivity index (χ2n) is 8.54. The van der Waals surface area contributed by atoms with Crippen molar-refractivity contribution < 1.29 is 23.4 Å². The van der Waals surface area contributed by atoms with Crippen LogP contribution in [0.5, 0.6) is 23.1 Å². The molecule has 2 aromatic carbocycles. The van der Waals surface area contributed by atoms with Crippen LogP contribution in [-0.4, -0.2) is 53.6 Å². The van der Waals surface area contributed by atoms with Gasteiger partial charge in [-0.25, -0.2) is 14.4 Å². The van der Waals surface area contributed by atoms with Crippen LogP contribution >= 0.6 is 0 Å². The van der Waals surface area contributed by atoms with E-state index in [9.17, 15) is 4.79 Å². The summed E-state index contributed by atoms with van der Waals surface area (Å²) in [6, 6.07) is 8.57. The number of hydrogen-bond acceptors (Lipinski definition) is 6. The normalized spacial score (nSPS) is 11.1. The van der Waals surface area contributed by atoms with Crippen LogP contribution < -0.4 is 14.2 Å². The average molecular weight is 481 g/mol.